The number of nitrogens with zero attached hydrogens (tertiary/aromatic N) is 1. The van der Waals surface area contributed by atoms with E-state index in [-0.39, 0.29) is 0 Å². The molecule has 3 rings (SSSR count). The van der Waals surface area contributed by atoms with E-state index in [9.17, 15) is 0 Å². The van der Waals surface area contributed by atoms with E-state index in [2.05, 4.69) is 4.98 Å². The molecular weight excluding hydrogens is 252 g/mol. The number of pyridine rings is 1. The van der Waals surface area contributed by atoms with Crippen molar-refractivity contribution in [3.05, 3.63) is 54.7 Å². The highest BCUT2D eigenvalue weighted by atomic mass is 16.5. The van der Waals surface area contributed by atoms with Crippen molar-refractivity contribution in [2.75, 3.05) is 12.8 Å². The van der Waals surface area contributed by atoms with E-state index in [0.29, 0.717) is 17.3 Å². The summed E-state index contributed by atoms with van der Waals surface area (Å²) in [5, 5.41) is 1.92. The van der Waals surface area contributed by atoms with Gasteiger partial charge in [0.2, 0.25) is 5.88 Å². The van der Waals surface area contributed by atoms with Crippen molar-refractivity contribution in [2.24, 2.45) is 0 Å². The number of hydrogen-bond donors (Lipinski definition) is 1. The SMILES string of the molecule is COc1ccc2ccnc(Oc3ccccc3N)c2c1. The molecule has 0 aliphatic rings. The molecule has 1 aromatic heterocycles. The molecule has 0 radical (unpaired) electrons. The first-order valence-electron chi connectivity index (χ1n) is 6.23. The second-order valence-corrected chi connectivity index (χ2v) is 4.34. The van der Waals surface area contributed by atoms with E-state index in [1.54, 1.807) is 19.4 Å². The van der Waals surface area contributed by atoms with E-state index in [0.717, 1.165) is 16.5 Å². The van der Waals surface area contributed by atoms with E-state index >= 15 is 0 Å². The third-order valence-electron chi connectivity index (χ3n) is 3.06. The summed E-state index contributed by atoms with van der Waals surface area (Å²) in [6, 6.07) is 15.0. The fraction of sp³-hybridized carbons (Fsp3) is 0.0625. The molecule has 0 bridgehead atoms. The normalized spacial score (nSPS) is 10.4. The predicted molar refractivity (Wildman–Crippen MR) is 79.2 cm³/mol. The lowest BCUT2D eigenvalue weighted by molar-refractivity contribution is 0.415. The highest BCUT2D eigenvalue weighted by molar-refractivity contribution is 5.88. The Labute approximate surface area is 116 Å². The van der Waals surface area contributed by atoms with Gasteiger partial charge in [0.1, 0.15) is 5.75 Å². The van der Waals surface area contributed by atoms with E-state index < -0.39 is 0 Å². The zero-order valence-corrected chi connectivity index (χ0v) is 11.0. The first-order valence-corrected chi connectivity index (χ1v) is 6.23. The van der Waals surface area contributed by atoms with Crippen LogP contribution in [0.5, 0.6) is 17.4 Å². The van der Waals surface area contributed by atoms with Crippen LogP contribution in [0.1, 0.15) is 0 Å². The number of ether oxygens (including phenoxy) is 2. The minimum atomic E-state index is 0.513. The lowest BCUT2D eigenvalue weighted by Gasteiger charge is -2.10. The number of nitrogens with two attached hydrogens (primary N) is 1. The van der Waals surface area contributed by atoms with Crippen molar-refractivity contribution >= 4 is 16.5 Å². The fourth-order valence-electron chi connectivity index (χ4n) is 2.01. The van der Waals surface area contributed by atoms with Gasteiger partial charge in [-0.05, 0) is 35.7 Å². The molecule has 0 saturated heterocycles. The second kappa shape index (κ2) is 5.09. The summed E-state index contributed by atoms with van der Waals surface area (Å²) < 4.78 is 11.1. The molecule has 0 spiro atoms. The van der Waals surface area contributed by atoms with Gasteiger partial charge in [0.15, 0.2) is 5.75 Å². The van der Waals surface area contributed by atoms with Crippen LogP contribution in [-0.2, 0) is 0 Å². The van der Waals surface area contributed by atoms with Crippen molar-refractivity contribution < 1.29 is 9.47 Å². The summed E-state index contributed by atoms with van der Waals surface area (Å²) in [5.41, 5.74) is 6.47. The van der Waals surface area contributed by atoms with Gasteiger partial charge in [-0.2, -0.15) is 0 Å². The molecule has 2 N–H and O–H groups in total. The summed E-state index contributed by atoms with van der Waals surface area (Å²) in [7, 11) is 1.63. The summed E-state index contributed by atoms with van der Waals surface area (Å²) in [4.78, 5) is 4.29. The maximum absolute atomic E-state index is 5.89. The van der Waals surface area contributed by atoms with E-state index in [4.69, 9.17) is 15.2 Å². The number of benzene rings is 2. The molecule has 4 nitrogen and oxygen atoms in total. The largest absolute Gasteiger partial charge is 0.497 e. The van der Waals surface area contributed by atoms with Gasteiger partial charge in [0, 0.05) is 11.6 Å². The Kier molecular flexibility index (Phi) is 3.13. The summed E-state index contributed by atoms with van der Waals surface area (Å²) in [6.45, 7) is 0. The second-order valence-electron chi connectivity index (χ2n) is 4.34. The van der Waals surface area contributed by atoms with Crippen molar-refractivity contribution in [1.82, 2.24) is 4.98 Å². The molecule has 4 heteroatoms. The van der Waals surface area contributed by atoms with Crippen molar-refractivity contribution in [1.29, 1.82) is 0 Å². The third-order valence-corrected chi connectivity index (χ3v) is 3.06. The Hall–Kier alpha value is -2.75. The van der Waals surface area contributed by atoms with Gasteiger partial charge < -0.3 is 15.2 Å². The molecule has 2 aromatic carbocycles. The first-order chi connectivity index (χ1) is 9.78. The van der Waals surface area contributed by atoms with Crippen molar-refractivity contribution in [2.45, 2.75) is 0 Å². The lowest BCUT2D eigenvalue weighted by Crippen LogP contribution is -1.94. The maximum atomic E-state index is 5.89. The first kappa shape index (κ1) is 12.3. The van der Waals surface area contributed by atoms with Crippen LogP contribution < -0.4 is 15.2 Å². The zero-order chi connectivity index (χ0) is 13.9. The highest BCUT2D eigenvalue weighted by Crippen LogP contribution is 2.32. The monoisotopic (exact) mass is 266 g/mol. The zero-order valence-electron chi connectivity index (χ0n) is 11.0. The van der Waals surface area contributed by atoms with E-state index in [1.807, 2.05) is 42.5 Å². The minimum Gasteiger partial charge on any atom is -0.497 e. The molecule has 20 heavy (non-hydrogen) atoms. The minimum absolute atomic E-state index is 0.513. The number of aromatic nitrogens is 1. The van der Waals surface area contributed by atoms with Gasteiger partial charge in [0.05, 0.1) is 12.8 Å². The maximum Gasteiger partial charge on any atom is 0.227 e. The smallest absolute Gasteiger partial charge is 0.227 e. The van der Waals surface area contributed by atoms with Crippen LogP contribution >= 0.6 is 0 Å². The Bertz CT molecular complexity index is 756. The molecule has 1 heterocycles. The number of methoxy groups -OCH3 is 1. The Balaban J connectivity index is 2.09. The van der Waals surface area contributed by atoms with Crippen LogP contribution in [0.25, 0.3) is 10.8 Å². The molecule has 100 valence electrons. The van der Waals surface area contributed by atoms with Gasteiger partial charge in [-0.25, -0.2) is 4.98 Å². The van der Waals surface area contributed by atoms with Gasteiger partial charge in [-0.1, -0.05) is 18.2 Å². The van der Waals surface area contributed by atoms with Crippen LogP contribution in [-0.4, -0.2) is 12.1 Å². The Morgan fingerprint density at radius 1 is 1.05 bits per heavy atom. The number of fused-ring (bicyclic) bond motifs is 1. The van der Waals surface area contributed by atoms with Gasteiger partial charge in [-0.3, -0.25) is 0 Å². The molecule has 3 aromatic rings. The molecule has 0 aliphatic carbocycles. The summed E-state index contributed by atoms with van der Waals surface area (Å²) in [5.74, 6) is 1.87. The number of nitrogen functional groups attached to an aromatic ring is 1. The molecule has 0 unspecified atom stereocenters. The Morgan fingerprint density at radius 3 is 2.70 bits per heavy atom. The van der Waals surface area contributed by atoms with E-state index in [1.165, 1.54) is 0 Å². The average Bonchev–Trinajstić information content (AvgIpc) is 2.49. The standard InChI is InChI=1S/C16H14N2O2/c1-19-12-7-6-11-8-9-18-16(13(11)10-12)20-15-5-3-2-4-14(15)17/h2-10H,17H2,1H3. The summed E-state index contributed by atoms with van der Waals surface area (Å²) >= 11 is 0. The fourth-order valence-corrected chi connectivity index (χ4v) is 2.01. The topological polar surface area (TPSA) is 57.4 Å². The number of para-hydroxylation sites is 2. The van der Waals surface area contributed by atoms with Gasteiger partial charge >= 0.3 is 0 Å². The molecule has 0 atom stereocenters. The third kappa shape index (κ3) is 2.23. The molecular formula is C16H14N2O2. The highest BCUT2D eigenvalue weighted by Gasteiger charge is 2.08. The van der Waals surface area contributed by atoms with Crippen LogP contribution in [0.4, 0.5) is 5.69 Å². The van der Waals surface area contributed by atoms with Crippen molar-refractivity contribution in [3.8, 4) is 17.4 Å². The Morgan fingerprint density at radius 2 is 1.90 bits per heavy atom. The van der Waals surface area contributed by atoms with Crippen molar-refractivity contribution in [3.63, 3.8) is 0 Å². The number of hydrogen-bond acceptors (Lipinski definition) is 4. The molecule has 0 aliphatic heterocycles. The van der Waals surface area contributed by atoms with Gasteiger partial charge in [-0.15, -0.1) is 0 Å². The van der Waals surface area contributed by atoms with Crippen LogP contribution in [0.3, 0.4) is 0 Å². The molecule has 0 amide bonds. The lowest BCUT2D eigenvalue weighted by atomic mass is 10.1. The van der Waals surface area contributed by atoms with Crippen LogP contribution in [0.2, 0.25) is 0 Å². The number of rotatable bonds is 3. The summed E-state index contributed by atoms with van der Waals surface area (Å²) in [6.07, 6.45) is 1.71. The average molecular weight is 266 g/mol. The van der Waals surface area contributed by atoms with Gasteiger partial charge in [0.25, 0.3) is 0 Å². The molecule has 0 saturated carbocycles. The molecule has 0 fully saturated rings. The predicted octanol–water partition coefficient (Wildman–Crippen LogP) is 3.62. The van der Waals surface area contributed by atoms with Crippen LogP contribution in [0, 0.1) is 0 Å². The number of anilines is 1. The van der Waals surface area contributed by atoms with Crippen LogP contribution in [0.15, 0.2) is 54.7 Å². The quantitative estimate of drug-likeness (QED) is 0.736.